The van der Waals surface area contributed by atoms with E-state index in [1.165, 1.54) is 0 Å². The van der Waals surface area contributed by atoms with Gasteiger partial charge in [-0.3, -0.25) is 10.3 Å². The molecule has 12 heavy (non-hydrogen) atoms. The summed E-state index contributed by atoms with van der Waals surface area (Å²) in [5.74, 6) is 0.162. The number of aromatic hydroxyl groups is 1. The van der Waals surface area contributed by atoms with Gasteiger partial charge in [-0.1, -0.05) is 12.1 Å². The molecule has 0 bridgehead atoms. The van der Waals surface area contributed by atoms with Crippen LogP contribution < -0.4 is 5.06 Å². The Morgan fingerprint density at radius 2 is 2.17 bits per heavy atom. The number of hydroxylamine groups is 1. The van der Waals surface area contributed by atoms with Crippen LogP contribution in [0.5, 0.6) is 5.75 Å². The molecule has 64 valence electrons. The number of fused-ring (bicyclic) bond motifs is 1. The lowest BCUT2D eigenvalue weighted by Gasteiger charge is -2.25. The van der Waals surface area contributed by atoms with Crippen molar-refractivity contribution in [1.82, 2.24) is 0 Å². The molecule has 1 aliphatic heterocycles. The smallest absolute Gasteiger partial charge is 0.141 e. The fourth-order valence-electron chi connectivity index (χ4n) is 1.61. The number of phenols is 1. The van der Waals surface area contributed by atoms with Gasteiger partial charge in [0.1, 0.15) is 11.4 Å². The second kappa shape index (κ2) is 2.68. The molecule has 0 atom stereocenters. The number of anilines is 1. The first-order valence-electron chi connectivity index (χ1n) is 4.06. The quantitative estimate of drug-likeness (QED) is 0.612. The maximum absolute atomic E-state index is 9.43. The Kier molecular flexibility index (Phi) is 1.66. The molecule has 1 aromatic carbocycles. The van der Waals surface area contributed by atoms with E-state index in [0.29, 0.717) is 12.2 Å². The Balaban J connectivity index is 2.53. The number of aryl methyl sites for hydroxylation is 1. The number of benzene rings is 1. The van der Waals surface area contributed by atoms with Gasteiger partial charge in [-0.2, -0.15) is 0 Å². The average molecular weight is 165 g/mol. The first kappa shape index (κ1) is 7.43. The summed E-state index contributed by atoms with van der Waals surface area (Å²) in [5.41, 5.74) is 1.59. The van der Waals surface area contributed by atoms with Gasteiger partial charge in [-0.25, -0.2) is 0 Å². The van der Waals surface area contributed by atoms with E-state index >= 15 is 0 Å². The summed E-state index contributed by atoms with van der Waals surface area (Å²) in [6.07, 6.45) is 1.87. The fraction of sp³-hybridized carbons (Fsp3) is 0.333. The van der Waals surface area contributed by atoms with Crippen LogP contribution in [0.4, 0.5) is 5.69 Å². The summed E-state index contributed by atoms with van der Waals surface area (Å²) in [6.45, 7) is 0.602. The minimum absolute atomic E-state index is 0.162. The van der Waals surface area contributed by atoms with Gasteiger partial charge in [0.15, 0.2) is 0 Å². The van der Waals surface area contributed by atoms with Crippen molar-refractivity contribution in [1.29, 1.82) is 0 Å². The van der Waals surface area contributed by atoms with E-state index in [9.17, 15) is 10.3 Å². The highest BCUT2D eigenvalue weighted by molar-refractivity contribution is 5.62. The molecule has 0 spiro atoms. The molecule has 3 heteroatoms. The van der Waals surface area contributed by atoms with Crippen LogP contribution in [0.15, 0.2) is 18.2 Å². The lowest BCUT2D eigenvalue weighted by atomic mass is 10.0. The minimum atomic E-state index is 0.162. The van der Waals surface area contributed by atoms with Crippen molar-refractivity contribution in [3.63, 3.8) is 0 Å². The molecule has 3 nitrogen and oxygen atoms in total. The lowest BCUT2D eigenvalue weighted by molar-refractivity contribution is 0.242. The Morgan fingerprint density at radius 3 is 2.92 bits per heavy atom. The van der Waals surface area contributed by atoms with Gasteiger partial charge in [-0.05, 0) is 24.5 Å². The van der Waals surface area contributed by atoms with Gasteiger partial charge in [0.2, 0.25) is 0 Å². The second-order valence-electron chi connectivity index (χ2n) is 3.01. The third kappa shape index (κ3) is 1.02. The summed E-state index contributed by atoms with van der Waals surface area (Å²) in [6, 6.07) is 5.32. The Labute approximate surface area is 70.8 Å². The first-order chi connectivity index (χ1) is 5.79. The van der Waals surface area contributed by atoms with Gasteiger partial charge < -0.3 is 5.11 Å². The molecule has 0 unspecified atom stereocenters. The Morgan fingerprint density at radius 1 is 1.33 bits per heavy atom. The molecule has 1 heterocycles. The summed E-state index contributed by atoms with van der Waals surface area (Å²) in [4.78, 5) is 0. The molecule has 2 rings (SSSR count). The average Bonchev–Trinajstić information content (AvgIpc) is 2.04. The molecule has 0 saturated heterocycles. The van der Waals surface area contributed by atoms with E-state index in [2.05, 4.69) is 0 Å². The van der Waals surface area contributed by atoms with E-state index in [4.69, 9.17) is 0 Å². The molecule has 0 amide bonds. The van der Waals surface area contributed by atoms with E-state index in [-0.39, 0.29) is 5.75 Å². The topological polar surface area (TPSA) is 43.7 Å². The van der Waals surface area contributed by atoms with Crippen LogP contribution in [0.3, 0.4) is 0 Å². The van der Waals surface area contributed by atoms with Crippen LogP contribution in [0.25, 0.3) is 0 Å². The van der Waals surface area contributed by atoms with Crippen molar-refractivity contribution in [3.05, 3.63) is 23.8 Å². The van der Waals surface area contributed by atoms with E-state index in [0.717, 1.165) is 23.5 Å². The predicted molar refractivity (Wildman–Crippen MR) is 45.6 cm³/mol. The summed E-state index contributed by atoms with van der Waals surface area (Å²) < 4.78 is 0. The van der Waals surface area contributed by atoms with Crippen molar-refractivity contribution in [2.24, 2.45) is 0 Å². The van der Waals surface area contributed by atoms with Crippen molar-refractivity contribution < 1.29 is 10.3 Å². The number of hydrogen-bond donors (Lipinski definition) is 2. The maximum atomic E-state index is 9.43. The van der Waals surface area contributed by atoms with Crippen LogP contribution in [0.1, 0.15) is 12.0 Å². The van der Waals surface area contributed by atoms with Crippen molar-refractivity contribution in [2.45, 2.75) is 12.8 Å². The molecule has 1 aliphatic rings. The molecule has 0 fully saturated rings. The largest absolute Gasteiger partial charge is 0.506 e. The molecule has 2 N–H and O–H groups in total. The molecule has 0 radical (unpaired) electrons. The highest BCUT2D eigenvalue weighted by Gasteiger charge is 2.17. The monoisotopic (exact) mass is 165 g/mol. The zero-order chi connectivity index (χ0) is 8.55. The number of rotatable bonds is 0. The number of hydrogen-bond acceptors (Lipinski definition) is 3. The van der Waals surface area contributed by atoms with Crippen LogP contribution in [0, 0.1) is 0 Å². The third-order valence-corrected chi connectivity index (χ3v) is 2.17. The molecular formula is C9H11NO2. The molecule has 1 aromatic rings. The number of para-hydroxylation sites is 1. The second-order valence-corrected chi connectivity index (χ2v) is 3.01. The van der Waals surface area contributed by atoms with E-state index < -0.39 is 0 Å². The zero-order valence-corrected chi connectivity index (χ0v) is 6.70. The number of nitrogens with zero attached hydrogens (tertiary/aromatic N) is 1. The van der Waals surface area contributed by atoms with Gasteiger partial charge in [0.05, 0.1) is 0 Å². The normalized spacial score (nSPS) is 15.9. The number of phenolic OH excluding ortho intramolecular Hbond substituents is 1. The van der Waals surface area contributed by atoms with E-state index in [1.54, 1.807) is 12.1 Å². The standard InChI is InChI=1S/C9H11NO2/c11-8-5-1-3-7-4-2-6-10(12)9(7)8/h1,3,5,11-12H,2,4,6H2. The minimum Gasteiger partial charge on any atom is -0.506 e. The highest BCUT2D eigenvalue weighted by atomic mass is 16.5. The lowest BCUT2D eigenvalue weighted by Crippen LogP contribution is -2.25. The maximum Gasteiger partial charge on any atom is 0.141 e. The predicted octanol–water partition coefficient (Wildman–Crippen LogP) is 1.53. The Hall–Kier alpha value is -1.22. The van der Waals surface area contributed by atoms with Gasteiger partial charge >= 0.3 is 0 Å². The molecule has 0 saturated carbocycles. The summed E-state index contributed by atoms with van der Waals surface area (Å²) in [5, 5.41) is 20.0. The van der Waals surface area contributed by atoms with Gasteiger partial charge in [0, 0.05) is 6.54 Å². The van der Waals surface area contributed by atoms with Crippen LogP contribution >= 0.6 is 0 Å². The Bertz CT molecular complexity index is 299. The first-order valence-corrected chi connectivity index (χ1v) is 4.06. The van der Waals surface area contributed by atoms with Crippen molar-refractivity contribution >= 4 is 5.69 Å². The van der Waals surface area contributed by atoms with Crippen LogP contribution in [-0.2, 0) is 6.42 Å². The third-order valence-electron chi connectivity index (χ3n) is 2.17. The molecular weight excluding hydrogens is 154 g/mol. The summed E-state index contributed by atoms with van der Waals surface area (Å²) in [7, 11) is 0. The van der Waals surface area contributed by atoms with Crippen LogP contribution in [-0.4, -0.2) is 16.9 Å². The van der Waals surface area contributed by atoms with E-state index in [1.807, 2.05) is 6.07 Å². The van der Waals surface area contributed by atoms with Crippen molar-refractivity contribution in [3.8, 4) is 5.75 Å². The van der Waals surface area contributed by atoms with Gasteiger partial charge in [0.25, 0.3) is 0 Å². The van der Waals surface area contributed by atoms with Crippen molar-refractivity contribution in [2.75, 3.05) is 11.6 Å². The molecule has 0 aromatic heterocycles. The molecule has 0 aliphatic carbocycles. The van der Waals surface area contributed by atoms with Crippen LogP contribution in [0.2, 0.25) is 0 Å². The SMILES string of the molecule is Oc1cccc2c1N(O)CCC2. The highest BCUT2D eigenvalue weighted by Crippen LogP contribution is 2.33. The zero-order valence-electron chi connectivity index (χ0n) is 6.70. The summed E-state index contributed by atoms with van der Waals surface area (Å²) >= 11 is 0. The fourth-order valence-corrected chi connectivity index (χ4v) is 1.61. The van der Waals surface area contributed by atoms with Gasteiger partial charge in [-0.15, -0.1) is 0 Å².